The van der Waals surface area contributed by atoms with Crippen molar-refractivity contribution < 1.29 is 9.53 Å². The summed E-state index contributed by atoms with van der Waals surface area (Å²) in [6.45, 7) is 12.2. The number of hydrogen-bond acceptors (Lipinski definition) is 2. The Hall–Kier alpha value is -2.29. The fraction of sp³-hybridized carbons (Fsp3) is 0.435. The van der Waals surface area contributed by atoms with Gasteiger partial charge in [0.25, 0.3) is 5.91 Å². The number of benzene rings is 2. The van der Waals surface area contributed by atoms with E-state index in [9.17, 15) is 4.79 Å². The highest BCUT2D eigenvalue weighted by molar-refractivity contribution is 5.81. The van der Waals surface area contributed by atoms with Crippen LogP contribution in [0.4, 0.5) is 0 Å². The van der Waals surface area contributed by atoms with Gasteiger partial charge in [-0.3, -0.25) is 4.79 Å². The number of hydrogen-bond donors (Lipinski definition) is 1. The van der Waals surface area contributed by atoms with Crippen LogP contribution in [0.5, 0.6) is 5.75 Å². The van der Waals surface area contributed by atoms with Gasteiger partial charge in [-0.15, -0.1) is 0 Å². The van der Waals surface area contributed by atoms with Crippen molar-refractivity contribution in [3.05, 3.63) is 65.2 Å². The topological polar surface area (TPSA) is 38.3 Å². The quantitative estimate of drug-likeness (QED) is 0.759. The molecule has 2 aromatic carbocycles. The van der Waals surface area contributed by atoms with Crippen molar-refractivity contribution in [3.8, 4) is 5.75 Å². The molecule has 0 heterocycles. The Bertz CT molecular complexity index is 735. The fourth-order valence-electron chi connectivity index (χ4n) is 3.05. The van der Waals surface area contributed by atoms with E-state index in [-0.39, 0.29) is 11.4 Å². The van der Waals surface area contributed by atoms with Crippen LogP contribution < -0.4 is 10.1 Å². The van der Waals surface area contributed by atoms with Crippen molar-refractivity contribution >= 4 is 5.91 Å². The first-order chi connectivity index (χ1) is 12.2. The number of nitrogens with one attached hydrogen (secondary N) is 1. The molecule has 0 aliphatic rings. The van der Waals surface area contributed by atoms with Crippen LogP contribution in [0.2, 0.25) is 0 Å². The number of carbonyl (C=O) groups excluding carboxylic acids is 1. The van der Waals surface area contributed by atoms with Crippen molar-refractivity contribution in [1.29, 1.82) is 0 Å². The second kappa shape index (κ2) is 8.39. The molecule has 2 rings (SSSR count). The molecule has 0 saturated heterocycles. The van der Waals surface area contributed by atoms with Gasteiger partial charge in [0.05, 0.1) is 0 Å². The SMILES string of the molecule is Cc1ccc(C(C)C)c(O[C@H](C)C(=O)NC(C)(C)Cc2ccccc2)c1. The average molecular weight is 354 g/mol. The Morgan fingerprint density at radius 1 is 1.08 bits per heavy atom. The summed E-state index contributed by atoms with van der Waals surface area (Å²) < 4.78 is 6.03. The van der Waals surface area contributed by atoms with Crippen molar-refractivity contribution in [2.75, 3.05) is 0 Å². The first-order valence-electron chi connectivity index (χ1n) is 9.31. The van der Waals surface area contributed by atoms with E-state index in [1.807, 2.05) is 45.0 Å². The number of carbonyl (C=O) groups is 1. The standard InChI is InChI=1S/C23H31NO2/c1-16(2)20-13-12-17(3)14-21(20)26-18(4)22(25)24-23(5,6)15-19-10-8-7-9-11-19/h7-14,16,18H,15H2,1-6H3,(H,24,25)/t18-/m1/s1. The highest BCUT2D eigenvalue weighted by Crippen LogP contribution is 2.28. The van der Waals surface area contributed by atoms with Crippen molar-refractivity contribution in [2.24, 2.45) is 0 Å². The lowest BCUT2D eigenvalue weighted by Crippen LogP contribution is -2.49. The molecule has 0 spiro atoms. The number of aryl methyl sites for hydroxylation is 1. The first-order valence-corrected chi connectivity index (χ1v) is 9.31. The molecule has 1 atom stereocenters. The molecular weight excluding hydrogens is 322 g/mol. The molecule has 0 unspecified atom stereocenters. The summed E-state index contributed by atoms with van der Waals surface area (Å²) in [6.07, 6.45) is 0.220. The monoisotopic (exact) mass is 353 g/mol. The molecule has 1 N–H and O–H groups in total. The molecule has 0 aliphatic heterocycles. The molecular formula is C23H31NO2. The van der Waals surface area contributed by atoms with Gasteiger partial charge in [0.15, 0.2) is 6.10 Å². The smallest absolute Gasteiger partial charge is 0.261 e. The third-order valence-electron chi connectivity index (χ3n) is 4.41. The molecule has 140 valence electrons. The van der Waals surface area contributed by atoms with Gasteiger partial charge in [0.2, 0.25) is 0 Å². The van der Waals surface area contributed by atoms with Crippen LogP contribution in [0.1, 0.15) is 57.2 Å². The van der Waals surface area contributed by atoms with Gasteiger partial charge in [0, 0.05) is 5.54 Å². The average Bonchev–Trinajstić information content (AvgIpc) is 2.54. The third kappa shape index (κ3) is 5.62. The third-order valence-corrected chi connectivity index (χ3v) is 4.41. The summed E-state index contributed by atoms with van der Waals surface area (Å²) in [5.74, 6) is 1.04. The number of ether oxygens (including phenoxy) is 1. The summed E-state index contributed by atoms with van der Waals surface area (Å²) in [6, 6.07) is 16.4. The van der Waals surface area contributed by atoms with Crippen molar-refractivity contribution in [1.82, 2.24) is 5.32 Å². The highest BCUT2D eigenvalue weighted by atomic mass is 16.5. The summed E-state index contributed by atoms with van der Waals surface area (Å²) in [7, 11) is 0. The molecule has 0 saturated carbocycles. The van der Waals surface area contributed by atoms with E-state index in [0.29, 0.717) is 5.92 Å². The Morgan fingerprint density at radius 2 is 1.73 bits per heavy atom. The normalized spacial score (nSPS) is 12.7. The first kappa shape index (κ1) is 20.0. The van der Waals surface area contributed by atoms with Gasteiger partial charge < -0.3 is 10.1 Å². The Balaban J connectivity index is 2.04. The molecule has 2 aromatic rings. The van der Waals surface area contributed by atoms with E-state index >= 15 is 0 Å². The minimum Gasteiger partial charge on any atom is -0.481 e. The van der Waals surface area contributed by atoms with Crippen LogP contribution in [-0.4, -0.2) is 17.6 Å². The molecule has 0 bridgehead atoms. The predicted octanol–water partition coefficient (Wildman–Crippen LogP) is 5.02. The Kier molecular flexibility index (Phi) is 6.47. The van der Waals surface area contributed by atoms with Gasteiger partial charge in [-0.25, -0.2) is 0 Å². The van der Waals surface area contributed by atoms with Crippen molar-refractivity contribution in [3.63, 3.8) is 0 Å². The maximum Gasteiger partial charge on any atom is 0.261 e. The van der Waals surface area contributed by atoms with E-state index in [2.05, 4.69) is 43.4 Å². The molecule has 3 heteroatoms. The van der Waals surface area contributed by atoms with Crippen LogP contribution in [0.3, 0.4) is 0 Å². The largest absolute Gasteiger partial charge is 0.481 e. The van der Waals surface area contributed by atoms with Crippen molar-refractivity contribution in [2.45, 2.75) is 65.5 Å². The Labute approximate surface area is 157 Å². The molecule has 0 fully saturated rings. The van der Waals surface area contributed by atoms with E-state index in [1.54, 1.807) is 6.92 Å². The summed E-state index contributed by atoms with van der Waals surface area (Å²) >= 11 is 0. The number of rotatable bonds is 7. The number of amides is 1. The van der Waals surface area contributed by atoms with Gasteiger partial charge >= 0.3 is 0 Å². The Morgan fingerprint density at radius 3 is 2.35 bits per heavy atom. The molecule has 26 heavy (non-hydrogen) atoms. The van der Waals surface area contributed by atoms with Gasteiger partial charge in [-0.2, -0.15) is 0 Å². The molecule has 1 amide bonds. The second-order valence-corrected chi connectivity index (χ2v) is 7.99. The summed E-state index contributed by atoms with van der Waals surface area (Å²) in [4.78, 5) is 12.7. The summed E-state index contributed by atoms with van der Waals surface area (Å²) in [5.41, 5.74) is 3.11. The zero-order valence-electron chi connectivity index (χ0n) is 16.8. The minimum absolute atomic E-state index is 0.0952. The van der Waals surface area contributed by atoms with E-state index in [4.69, 9.17) is 4.74 Å². The van der Waals surface area contributed by atoms with Gasteiger partial charge in [0.1, 0.15) is 5.75 Å². The fourth-order valence-corrected chi connectivity index (χ4v) is 3.05. The predicted molar refractivity (Wildman–Crippen MR) is 108 cm³/mol. The lowest BCUT2D eigenvalue weighted by atomic mass is 9.94. The zero-order valence-corrected chi connectivity index (χ0v) is 16.8. The van der Waals surface area contributed by atoms with Crippen LogP contribution in [0.25, 0.3) is 0 Å². The highest BCUT2D eigenvalue weighted by Gasteiger charge is 2.25. The zero-order chi connectivity index (χ0) is 19.3. The minimum atomic E-state index is -0.552. The van der Waals surface area contributed by atoms with Crippen LogP contribution in [-0.2, 0) is 11.2 Å². The molecule has 3 nitrogen and oxygen atoms in total. The molecule has 0 radical (unpaired) electrons. The lowest BCUT2D eigenvalue weighted by Gasteiger charge is -2.28. The van der Waals surface area contributed by atoms with E-state index in [0.717, 1.165) is 23.3 Å². The lowest BCUT2D eigenvalue weighted by molar-refractivity contribution is -0.128. The molecule has 0 aromatic heterocycles. The maximum absolute atomic E-state index is 12.7. The van der Waals surface area contributed by atoms with E-state index < -0.39 is 6.10 Å². The maximum atomic E-state index is 12.7. The second-order valence-electron chi connectivity index (χ2n) is 7.99. The van der Waals surface area contributed by atoms with Gasteiger partial charge in [-0.1, -0.05) is 56.3 Å². The van der Waals surface area contributed by atoms with Gasteiger partial charge in [-0.05, 0) is 62.8 Å². The summed E-state index contributed by atoms with van der Waals surface area (Å²) in [5, 5.41) is 3.12. The molecule has 0 aliphatic carbocycles. The van der Waals surface area contributed by atoms with Crippen LogP contribution in [0.15, 0.2) is 48.5 Å². The van der Waals surface area contributed by atoms with Crippen LogP contribution in [0, 0.1) is 6.92 Å². The van der Waals surface area contributed by atoms with E-state index in [1.165, 1.54) is 5.56 Å². The van der Waals surface area contributed by atoms with Crippen LogP contribution >= 0.6 is 0 Å².